The Labute approximate surface area is 46.2 Å². The molecule has 43 valence electrons. The number of hydrogen-bond acceptors (Lipinski definition) is 2. The van der Waals surface area contributed by atoms with Gasteiger partial charge in [-0.15, -0.1) is 0 Å². The lowest BCUT2D eigenvalue weighted by Crippen LogP contribution is -2.33. The van der Waals surface area contributed by atoms with Gasteiger partial charge in [-0.3, -0.25) is 10.1 Å². The molecule has 1 heterocycles. The van der Waals surface area contributed by atoms with Crippen LogP contribution in [0.15, 0.2) is 4.99 Å². The van der Waals surface area contributed by atoms with Gasteiger partial charge >= 0.3 is 6.02 Å². The van der Waals surface area contributed by atoms with Gasteiger partial charge in [-0.2, -0.15) is 0 Å². The van der Waals surface area contributed by atoms with Crippen LogP contribution in [-0.2, 0) is 9.90 Å². The van der Waals surface area contributed by atoms with Crippen molar-refractivity contribution in [3.63, 3.8) is 0 Å². The maximum absolute atomic E-state index is 10.3. The molecule has 0 atom stereocenters. The number of carbonyl (C=O) groups is 1. The first-order chi connectivity index (χ1) is 3.79. The minimum atomic E-state index is -0.513. The average molecular weight is 113 g/mol. The lowest BCUT2D eigenvalue weighted by Gasteiger charge is -2.03. The minimum Gasteiger partial charge on any atom is -0.276 e. The summed E-state index contributed by atoms with van der Waals surface area (Å²) in [7, 11) is 0. The molecule has 1 radical (unpaired) electrons. The Bertz CT molecular complexity index is 141. The highest BCUT2D eigenvalue weighted by molar-refractivity contribution is 5.94. The van der Waals surface area contributed by atoms with Crippen molar-refractivity contribution in [3.8, 4) is 0 Å². The second kappa shape index (κ2) is 1.81. The van der Waals surface area contributed by atoms with Crippen LogP contribution in [-0.4, -0.2) is 18.5 Å². The van der Waals surface area contributed by atoms with Crippen molar-refractivity contribution in [2.24, 2.45) is 4.99 Å². The number of rotatable bonds is 0. The van der Waals surface area contributed by atoms with Crippen LogP contribution in [0.3, 0.4) is 0 Å². The fourth-order valence-corrected chi connectivity index (χ4v) is 0.480. The number of aliphatic imine (C=N–C) groups is 1. The zero-order valence-corrected chi connectivity index (χ0v) is 4.18. The van der Waals surface area contributed by atoms with Gasteiger partial charge in [0.1, 0.15) is 0 Å². The Kier molecular flexibility index (Phi) is 1.15. The first-order valence-corrected chi connectivity index (χ1v) is 2.30. The summed E-state index contributed by atoms with van der Waals surface area (Å²) in [5, 5.41) is 12.2. The molecule has 1 aliphatic heterocycles. The molecule has 1 aliphatic rings. The topological polar surface area (TPSA) is 61.4 Å². The Morgan fingerprint density at radius 1 is 1.62 bits per heavy atom. The van der Waals surface area contributed by atoms with Crippen molar-refractivity contribution in [3.05, 3.63) is 0 Å². The SMILES string of the molecule is [O]C1=NCCC(=O)N1. The van der Waals surface area contributed by atoms with Crippen molar-refractivity contribution < 1.29 is 9.90 Å². The first-order valence-electron chi connectivity index (χ1n) is 2.30. The number of nitrogens with one attached hydrogen (secondary N) is 1. The van der Waals surface area contributed by atoms with Gasteiger partial charge in [0.05, 0.1) is 6.54 Å². The predicted octanol–water partition coefficient (Wildman–Crippen LogP) is -0.707. The third kappa shape index (κ3) is 0.959. The van der Waals surface area contributed by atoms with Crippen LogP contribution >= 0.6 is 0 Å². The molecule has 4 nitrogen and oxygen atoms in total. The minimum absolute atomic E-state index is 0.231. The smallest absolute Gasteiger partial charge is 0.276 e. The van der Waals surface area contributed by atoms with Crippen LogP contribution < -0.4 is 5.32 Å². The molecule has 0 aromatic heterocycles. The fraction of sp³-hybridized carbons (Fsp3) is 0.500. The normalized spacial score (nSPS) is 19.5. The van der Waals surface area contributed by atoms with Gasteiger partial charge in [-0.25, -0.2) is 10.1 Å². The Morgan fingerprint density at radius 2 is 2.38 bits per heavy atom. The van der Waals surface area contributed by atoms with E-state index in [2.05, 4.69) is 4.99 Å². The molecule has 0 fully saturated rings. The van der Waals surface area contributed by atoms with E-state index in [4.69, 9.17) is 0 Å². The molecule has 0 aromatic carbocycles. The molecule has 0 aromatic rings. The van der Waals surface area contributed by atoms with E-state index in [0.29, 0.717) is 13.0 Å². The lowest BCUT2D eigenvalue weighted by molar-refractivity contribution is -0.120. The number of amidine groups is 1. The predicted molar refractivity (Wildman–Crippen MR) is 25.7 cm³/mol. The Morgan fingerprint density at radius 3 is 2.75 bits per heavy atom. The number of amides is 1. The van der Waals surface area contributed by atoms with Crippen molar-refractivity contribution in [2.45, 2.75) is 6.42 Å². The molecule has 0 saturated carbocycles. The summed E-state index contributed by atoms with van der Waals surface area (Å²) < 4.78 is 0. The van der Waals surface area contributed by atoms with Crippen LogP contribution in [0.4, 0.5) is 0 Å². The van der Waals surface area contributed by atoms with Crippen molar-refractivity contribution in [1.82, 2.24) is 5.32 Å². The monoisotopic (exact) mass is 113 g/mol. The zero-order valence-electron chi connectivity index (χ0n) is 4.18. The molecule has 8 heavy (non-hydrogen) atoms. The van der Waals surface area contributed by atoms with E-state index in [1.54, 1.807) is 0 Å². The van der Waals surface area contributed by atoms with Gasteiger partial charge in [-0.05, 0) is 0 Å². The molecule has 0 bridgehead atoms. The van der Waals surface area contributed by atoms with Gasteiger partial charge in [-0.1, -0.05) is 0 Å². The standard InChI is InChI=1S/C4H5N2O2/c7-3-1-2-5-4(8)6-3/h1-2H2,(H,5,6,7). The maximum atomic E-state index is 10.3. The van der Waals surface area contributed by atoms with E-state index in [9.17, 15) is 9.90 Å². The second-order valence-corrected chi connectivity index (χ2v) is 1.49. The van der Waals surface area contributed by atoms with Crippen LogP contribution in [0.1, 0.15) is 6.42 Å². The fourth-order valence-electron chi connectivity index (χ4n) is 0.480. The third-order valence-corrected chi connectivity index (χ3v) is 0.841. The molecule has 0 unspecified atom stereocenters. The summed E-state index contributed by atoms with van der Waals surface area (Å²) in [4.78, 5) is 13.7. The quantitative estimate of drug-likeness (QED) is 0.443. The van der Waals surface area contributed by atoms with E-state index in [-0.39, 0.29) is 5.91 Å². The van der Waals surface area contributed by atoms with Crippen LogP contribution in [0.25, 0.3) is 0 Å². The highest BCUT2D eigenvalue weighted by Gasteiger charge is 2.09. The first kappa shape index (κ1) is 5.08. The molecule has 1 rings (SSSR count). The number of carbonyl (C=O) groups excluding carboxylic acids is 1. The number of hydrogen-bond donors (Lipinski definition) is 1. The molecule has 0 aliphatic carbocycles. The maximum Gasteiger partial charge on any atom is 0.342 e. The highest BCUT2D eigenvalue weighted by Crippen LogP contribution is 1.87. The van der Waals surface area contributed by atoms with E-state index in [1.165, 1.54) is 0 Å². The molecule has 0 saturated heterocycles. The van der Waals surface area contributed by atoms with Crippen LogP contribution in [0, 0.1) is 0 Å². The van der Waals surface area contributed by atoms with E-state index < -0.39 is 6.02 Å². The van der Waals surface area contributed by atoms with Crippen molar-refractivity contribution >= 4 is 11.9 Å². The molecular formula is C4H5N2O2. The van der Waals surface area contributed by atoms with Gasteiger partial charge in [0.15, 0.2) is 0 Å². The molecule has 4 heteroatoms. The van der Waals surface area contributed by atoms with Crippen molar-refractivity contribution in [1.29, 1.82) is 0 Å². The Balaban J connectivity index is 2.57. The summed E-state index contributed by atoms with van der Waals surface area (Å²) in [5.74, 6) is -0.231. The van der Waals surface area contributed by atoms with Gasteiger partial charge in [0.2, 0.25) is 5.91 Å². The summed E-state index contributed by atoms with van der Waals surface area (Å²) in [6.07, 6.45) is 0.339. The highest BCUT2D eigenvalue weighted by atomic mass is 16.3. The van der Waals surface area contributed by atoms with Gasteiger partial charge < -0.3 is 0 Å². The Hall–Kier alpha value is -1.06. The van der Waals surface area contributed by atoms with Gasteiger partial charge in [0.25, 0.3) is 0 Å². The van der Waals surface area contributed by atoms with Crippen molar-refractivity contribution in [2.75, 3.05) is 6.54 Å². The average Bonchev–Trinajstić information content (AvgIpc) is 1.64. The zero-order chi connectivity index (χ0) is 5.98. The molecule has 1 amide bonds. The molecule has 0 spiro atoms. The van der Waals surface area contributed by atoms with Crippen LogP contribution in [0.5, 0.6) is 0 Å². The van der Waals surface area contributed by atoms with E-state index >= 15 is 0 Å². The summed E-state index contributed by atoms with van der Waals surface area (Å²) >= 11 is 0. The molecule has 1 N–H and O–H groups in total. The van der Waals surface area contributed by atoms with E-state index in [0.717, 1.165) is 0 Å². The van der Waals surface area contributed by atoms with E-state index in [1.807, 2.05) is 5.32 Å². The summed E-state index contributed by atoms with van der Waals surface area (Å²) in [6.45, 7) is 0.338. The largest absolute Gasteiger partial charge is 0.342 e. The third-order valence-electron chi connectivity index (χ3n) is 0.841. The molecular weight excluding hydrogens is 108 g/mol. The summed E-state index contributed by atoms with van der Waals surface area (Å²) in [6, 6.07) is -0.513. The lowest BCUT2D eigenvalue weighted by atomic mass is 10.4. The van der Waals surface area contributed by atoms with Crippen LogP contribution in [0.2, 0.25) is 0 Å². The number of nitrogens with zero attached hydrogens (tertiary/aromatic N) is 1. The van der Waals surface area contributed by atoms with Gasteiger partial charge in [0, 0.05) is 6.42 Å². The second-order valence-electron chi connectivity index (χ2n) is 1.49. The summed E-state index contributed by atoms with van der Waals surface area (Å²) in [5.41, 5.74) is 0.